The molecule has 0 aliphatic heterocycles. The Morgan fingerprint density at radius 2 is 2.06 bits per heavy atom. The highest BCUT2D eigenvalue weighted by Gasteiger charge is 2.09. The molecule has 0 unspecified atom stereocenters. The Balaban J connectivity index is 2.53. The van der Waals surface area contributed by atoms with E-state index in [1.165, 1.54) is 12.1 Å². The molecule has 0 saturated heterocycles. The van der Waals surface area contributed by atoms with Gasteiger partial charge in [-0.1, -0.05) is 6.92 Å². The topological polar surface area (TPSA) is 45.8 Å². The van der Waals surface area contributed by atoms with E-state index in [2.05, 4.69) is 9.97 Å². The predicted octanol–water partition coefficient (Wildman–Crippen LogP) is 2.67. The minimum absolute atomic E-state index is 0.125. The number of benzene rings is 1. The Hall–Kier alpha value is -2.04. The van der Waals surface area contributed by atoms with Gasteiger partial charge in [-0.05, 0) is 18.6 Å². The summed E-state index contributed by atoms with van der Waals surface area (Å²) in [6.45, 7) is 1.95. The molecule has 0 saturated carbocycles. The van der Waals surface area contributed by atoms with E-state index in [9.17, 15) is 13.6 Å². The molecule has 2 rings (SSSR count). The van der Waals surface area contributed by atoms with E-state index in [4.69, 9.17) is 0 Å². The molecule has 0 fully saturated rings. The number of hydrogen-bond acceptors (Lipinski definition) is 2. The molecule has 3 nitrogen and oxygen atoms in total. The zero-order valence-corrected chi connectivity index (χ0v) is 9.84. The van der Waals surface area contributed by atoms with Crippen LogP contribution in [0.2, 0.25) is 0 Å². The maximum Gasteiger partial charge on any atom is 0.251 e. The fraction of sp³-hybridized carbons (Fsp3) is 0.231. The Bertz CT molecular complexity index is 623. The smallest absolute Gasteiger partial charge is 0.251 e. The van der Waals surface area contributed by atoms with Crippen LogP contribution in [0.1, 0.15) is 19.2 Å². The summed E-state index contributed by atoms with van der Waals surface area (Å²) in [5, 5.41) is 0. The average molecular weight is 250 g/mol. The van der Waals surface area contributed by atoms with E-state index >= 15 is 0 Å². The van der Waals surface area contributed by atoms with Crippen LogP contribution in [0, 0.1) is 11.6 Å². The van der Waals surface area contributed by atoms with Crippen molar-refractivity contribution in [3.8, 4) is 11.3 Å². The molecule has 0 aliphatic carbocycles. The van der Waals surface area contributed by atoms with Gasteiger partial charge < -0.3 is 4.98 Å². The first-order valence-electron chi connectivity index (χ1n) is 5.66. The van der Waals surface area contributed by atoms with Crippen LogP contribution >= 0.6 is 0 Å². The lowest BCUT2D eigenvalue weighted by molar-refractivity contribution is 0.585. The van der Waals surface area contributed by atoms with Gasteiger partial charge in [0, 0.05) is 24.1 Å². The summed E-state index contributed by atoms with van der Waals surface area (Å²) in [4.78, 5) is 18.2. The van der Waals surface area contributed by atoms with Gasteiger partial charge in [-0.3, -0.25) is 4.79 Å². The van der Waals surface area contributed by atoms with Crippen LogP contribution in [0.3, 0.4) is 0 Å². The van der Waals surface area contributed by atoms with Gasteiger partial charge in [-0.2, -0.15) is 0 Å². The molecule has 1 heterocycles. The van der Waals surface area contributed by atoms with Crippen LogP contribution in [0.25, 0.3) is 11.3 Å². The first-order valence-corrected chi connectivity index (χ1v) is 5.66. The third-order valence-corrected chi connectivity index (χ3v) is 2.48. The average Bonchev–Trinajstić information content (AvgIpc) is 2.28. The summed E-state index contributed by atoms with van der Waals surface area (Å²) in [6, 6.07) is 4.40. The summed E-state index contributed by atoms with van der Waals surface area (Å²) in [6.07, 6.45) is 1.42. The summed E-state index contributed by atoms with van der Waals surface area (Å²) in [7, 11) is 0. The van der Waals surface area contributed by atoms with Crippen molar-refractivity contribution in [1.29, 1.82) is 0 Å². The number of nitrogens with zero attached hydrogens (tertiary/aromatic N) is 1. The van der Waals surface area contributed by atoms with Crippen LogP contribution in [0.4, 0.5) is 8.78 Å². The maximum atomic E-state index is 13.6. The largest absolute Gasteiger partial charge is 0.311 e. The zero-order chi connectivity index (χ0) is 13.1. The third-order valence-electron chi connectivity index (χ3n) is 2.48. The lowest BCUT2D eigenvalue weighted by Gasteiger charge is -2.04. The second-order valence-corrected chi connectivity index (χ2v) is 3.95. The summed E-state index contributed by atoms with van der Waals surface area (Å²) >= 11 is 0. The summed E-state index contributed by atoms with van der Waals surface area (Å²) < 4.78 is 26.4. The van der Waals surface area contributed by atoms with Crippen LogP contribution in [-0.2, 0) is 6.42 Å². The lowest BCUT2D eigenvalue weighted by Crippen LogP contribution is -2.11. The van der Waals surface area contributed by atoms with E-state index < -0.39 is 11.6 Å². The Morgan fingerprint density at radius 1 is 1.28 bits per heavy atom. The molecule has 1 N–H and O–H groups in total. The number of H-pyrrole nitrogens is 1. The molecule has 1 aromatic carbocycles. The number of nitrogens with one attached hydrogen (secondary N) is 1. The zero-order valence-electron chi connectivity index (χ0n) is 9.84. The molecule has 0 atom stereocenters. The van der Waals surface area contributed by atoms with Crippen molar-refractivity contribution in [1.82, 2.24) is 9.97 Å². The van der Waals surface area contributed by atoms with Crippen molar-refractivity contribution >= 4 is 0 Å². The van der Waals surface area contributed by atoms with Gasteiger partial charge in [0.05, 0.1) is 5.69 Å². The van der Waals surface area contributed by atoms with Gasteiger partial charge in [0.25, 0.3) is 5.56 Å². The minimum Gasteiger partial charge on any atom is -0.311 e. The third kappa shape index (κ3) is 2.61. The Kier molecular flexibility index (Phi) is 3.50. The predicted molar refractivity (Wildman–Crippen MR) is 64.2 cm³/mol. The monoisotopic (exact) mass is 250 g/mol. The normalized spacial score (nSPS) is 10.6. The van der Waals surface area contributed by atoms with Crippen molar-refractivity contribution in [2.45, 2.75) is 19.8 Å². The number of aryl methyl sites for hydroxylation is 1. The van der Waals surface area contributed by atoms with Crippen molar-refractivity contribution in [2.24, 2.45) is 0 Å². The number of rotatable bonds is 3. The maximum absolute atomic E-state index is 13.6. The van der Waals surface area contributed by atoms with Crippen LogP contribution in [0.5, 0.6) is 0 Å². The van der Waals surface area contributed by atoms with Gasteiger partial charge in [-0.25, -0.2) is 13.8 Å². The fourth-order valence-electron chi connectivity index (χ4n) is 1.70. The van der Waals surface area contributed by atoms with E-state index in [0.717, 1.165) is 18.6 Å². The standard InChI is InChI=1S/C13H12F2N2O/c1-2-3-12-16-11(7-13(18)17-12)9-5-4-8(14)6-10(9)15/h4-7H,2-3H2,1H3,(H,16,17,18). The minimum atomic E-state index is -0.726. The molecule has 0 radical (unpaired) electrons. The molecular weight excluding hydrogens is 238 g/mol. The number of aromatic nitrogens is 2. The van der Waals surface area contributed by atoms with Gasteiger partial charge in [0.15, 0.2) is 0 Å². The Labute approximate surface area is 103 Å². The van der Waals surface area contributed by atoms with Crippen LogP contribution in [-0.4, -0.2) is 9.97 Å². The van der Waals surface area contributed by atoms with Gasteiger partial charge in [0.1, 0.15) is 17.5 Å². The summed E-state index contributed by atoms with van der Waals surface area (Å²) in [5.74, 6) is -0.880. The van der Waals surface area contributed by atoms with E-state index in [1.807, 2.05) is 6.92 Å². The molecule has 5 heteroatoms. The first-order chi connectivity index (χ1) is 8.60. The summed E-state index contributed by atoms with van der Waals surface area (Å²) in [5.41, 5.74) is 0.00623. The molecule has 18 heavy (non-hydrogen) atoms. The van der Waals surface area contributed by atoms with Gasteiger partial charge >= 0.3 is 0 Å². The molecule has 94 valence electrons. The molecule has 2 aromatic rings. The highest BCUT2D eigenvalue weighted by Crippen LogP contribution is 2.20. The highest BCUT2D eigenvalue weighted by atomic mass is 19.1. The van der Waals surface area contributed by atoms with Crippen molar-refractivity contribution in [2.75, 3.05) is 0 Å². The number of aromatic amines is 1. The SMILES string of the molecule is CCCc1nc(-c2ccc(F)cc2F)cc(=O)[nH]1. The first kappa shape index (κ1) is 12.4. The fourth-order valence-corrected chi connectivity index (χ4v) is 1.70. The van der Waals surface area contributed by atoms with Crippen LogP contribution in [0.15, 0.2) is 29.1 Å². The van der Waals surface area contributed by atoms with Crippen LogP contribution < -0.4 is 5.56 Å². The van der Waals surface area contributed by atoms with E-state index in [0.29, 0.717) is 12.2 Å². The Morgan fingerprint density at radius 3 is 2.72 bits per heavy atom. The van der Waals surface area contributed by atoms with Crippen molar-refractivity contribution in [3.63, 3.8) is 0 Å². The van der Waals surface area contributed by atoms with Crippen molar-refractivity contribution in [3.05, 3.63) is 52.1 Å². The second-order valence-electron chi connectivity index (χ2n) is 3.95. The van der Waals surface area contributed by atoms with Gasteiger partial charge in [0.2, 0.25) is 0 Å². The molecule has 1 aromatic heterocycles. The molecule has 0 spiro atoms. The molecule has 0 bridgehead atoms. The number of halogens is 2. The van der Waals surface area contributed by atoms with Crippen molar-refractivity contribution < 1.29 is 8.78 Å². The lowest BCUT2D eigenvalue weighted by atomic mass is 10.1. The molecular formula is C13H12F2N2O. The second kappa shape index (κ2) is 5.08. The van der Waals surface area contributed by atoms with Gasteiger partial charge in [-0.15, -0.1) is 0 Å². The molecule has 0 aliphatic rings. The highest BCUT2D eigenvalue weighted by molar-refractivity contribution is 5.59. The molecule has 0 amide bonds. The number of hydrogen-bond donors (Lipinski definition) is 1. The van der Waals surface area contributed by atoms with E-state index in [-0.39, 0.29) is 16.8 Å². The quantitative estimate of drug-likeness (QED) is 0.910. The van der Waals surface area contributed by atoms with E-state index in [1.54, 1.807) is 0 Å².